The van der Waals surface area contributed by atoms with Gasteiger partial charge in [0.2, 0.25) is 0 Å². The highest BCUT2D eigenvalue weighted by atomic mass is 32.2. The topological polar surface area (TPSA) is 26.0 Å². The van der Waals surface area contributed by atoms with E-state index in [-0.39, 0.29) is 0 Å². The fourth-order valence-electron chi connectivity index (χ4n) is 1.32. The molecule has 0 bridgehead atoms. The Morgan fingerprint density at radius 2 is 2.20 bits per heavy atom. The molecule has 78 valence electrons. The summed E-state index contributed by atoms with van der Waals surface area (Å²) in [5, 5.41) is 2.11. The van der Waals surface area contributed by atoms with Crippen LogP contribution in [0.15, 0.2) is 40.6 Å². The van der Waals surface area contributed by atoms with Crippen LogP contribution in [0.1, 0.15) is 10.4 Å². The van der Waals surface area contributed by atoms with Crippen molar-refractivity contribution in [1.29, 1.82) is 0 Å². The number of aryl methyl sites for hydroxylation is 1. The number of nitrogens with two attached hydrogens (primary N) is 1. The van der Waals surface area contributed by atoms with Gasteiger partial charge in [-0.15, -0.1) is 23.1 Å². The van der Waals surface area contributed by atoms with Crippen molar-refractivity contribution < 1.29 is 0 Å². The molecule has 1 aromatic carbocycles. The second-order valence-corrected chi connectivity index (χ2v) is 5.44. The van der Waals surface area contributed by atoms with Crippen LogP contribution in [0.25, 0.3) is 0 Å². The van der Waals surface area contributed by atoms with Gasteiger partial charge in [-0.25, -0.2) is 0 Å². The molecule has 0 unspecified atom stereocenters. The highest BCUT2D eigenvalue weighted by Crippen LogP contribution is 2.28. The Balaban J connectivity index is 2.07. The molecule has 15 heavy (non-hydrogen) atoms. The van der Waals surface area contributed by atoms with Crippen LogP contribution in [0.2, 0.25) is 0 Å². The highest BCUT2D eigenvalue weighted by Gasteiger charge is 2.01. The number of thioether (sulfide) groups is 1. The number of benzene rings is 1. The Morgan fingerprint density at radius 3 is 2.93 bits per heavy atom. The van der Waals surface area contributed by atoms with Crippen molar-refractivity contribution in [2.45, 2.75) is 17.6 Å². The predicted octanol–water partition coefficient (Wildman–Crippen LogP) is 3.93. The number of hydrogen-bond donors (Lipinski definition) is 1. The molecule has 2 N–H and O–H groups in total. The molecule has 0 radical (unpaired) electrons. The zero-order chi connectivity index (χ0) is 10.7. The van der Waals surface area contributed by atoms with E-state index in [4.69, 9.17) is 5.73 Å². The van der Waals surface area contributed by atoms with Gasteiger partial charge in [-0.2, -0.15) is 0 Å². The lowest BCUT2D eigenvalue weighted by Crippen LogP contribution is -1.87. The Morgan fingerprint density at radius 1 is 1.33 bits per heavy atom. The van der Waals surface area contributed by atoms with E-state index in [1.54, 1.807) is 11.3 Å². The Bertz CT molecular complexity index is 435. The van der Waals surface area contributed by atoms with Crippen LogP contribution in [-0.2, 0) is 5.75 Å². The molecule has 1 heterocycles. The Labute approximate surface area is 98.3 Å². The fraction of sp³-hybridized carbons (Fsp3) is 0.167. The smallest absolute Gasteiger partial charge is 0.0326 e. The van der Waals surface area contributed by atoms with Gasteiger partial charge in [0.15, 0.2) is 0 Å². The molecule has 1 nitrogen and oxygen atoms in total. The van der Waals surface area contributed by atoms with Crippen LogP contribution >= 0.6 is 23.1 Å². The average Bonchev–Trinajstić information content (AvgIpc) is 2.72. The second-order valence-electron chi connectivity index (χ2n) is 3.39. The molecule has 0 fully saturated rings. The van der Waals surface area contributed by atoms with E-state index in [1.165, 1.54) is 15.3 Å². The van der Waals surface area contributed by atoms with Crippen LogP contribution in [0.4, 0.5) is 5.69 Å². The summed E-state index contributed by atoms with van der Waals surface area (Å²) in [7, 11) is 0. The van der Waals surface area contributed by atoms with Gasteiger partial charge in [-0.1, -0.05) is 12.1 Å². The zero-order valence-corrected chi connectivity index (χ0v) is 10.2. The summed E-state index contributed by atoms with van der Waals surface area (Å²) in [6.45, 7) is 2.12. The standard InChI is InChI=1S/C12H13NS2/c1-9-4-5-10(13)7-12(9)15-8-11-3-2-6-14-11/h2-7H,8,13H2,1H3. The maximum absolute atomic E-state index is 5.77. The largest absolute Gasteiger partial charge is 0.399 e. The van der Waals surface area contributed by atoms with Crippen molar-refractivity contribution >= 4 is 28.8 Å². The number of hydrogen-bond acceptors (Lipinski definition) is 3. The van der Waals surface area contributed by atoms with Gasteiger partial charge in [-0.3, -0.25) is 0 Å². The van der Waals surface area contributed by atoms with E-state index in [0.717, 1.165) is 11.4 Å². The molecule has 2 rings (SSSR count). The normalized spacial score (nSPS) is 10.5. The molecule has 0 amide bonds. The molecule has 0 aliphatic carbocycles. The maximum Gasteiger partial charge on any atom is 0.0326 e. The molecule has 0 atom stereocenters. The van der Waals surface area contributed by atoms with Crippen LogP contribution in [0.3, 0.4) is 0 Å². The summed E-state index contributed by atoms with van der Waals surface area (Å²) in [6.07, 6.45) is 0. The Hall–Kier alpha value is -0.930. The maximum atomic E-state index is 5.77. The summed E-state index contributed by atoms with van der Waals surface area (Å²) < 4.78 is 0. The van der Waals surface area contributed by atoms with Crippen molar-refractivity contribution in [3.63, 3.8) is 0 Å². The summed E-state index contributed by atoms with van der Waals surface area (Å²) in [6, 6.07) is 10.3. The van der Waals surface area contributed by atoms with Crippen LogP contribution < -0.4 is 5.73 Å². The number of nitrogen functional groups attached to an aromatic ring is 1. The third kappa shape index (κ3) is 2.76. The summed E-state index contributed by atoms with van der Waals surface area (Å²) in [4.78, 5) is 2.69. The molecule has 0 aliphatic heterocycles. The van der Waals surface area contributed by atoms with Gasteiger partial charge in [0.05, 0.1) is 0 Å². The predicted molar refractivity (Wildman–Crippen MR) is 69.5 cm³/mol. The van der Waals surface area contributed by atoms with Crippen molar-refractivity contribution in [1.82, 2.24) is 0 Å². The monoisotopic (exact) mass is 235 g/mol. The molecule has 3 heteroatoms. The molecular weight excluding hydrogens is 222 g/mol. The third-order valence-electron chi connectivity index (χ3n) is 2.16. The van der Waals surface area contributed by atoms with Crippen LogP contribution in [0, 0.1) is 6.92 Å². The molecule has 0 saturated carbocycles. The average molecular weight is 235 g/mol. The number of anilines is 1. The summed E-state index contributed by atoms with van der Waals surface area (Å²) >= 11 is 3.65. The van der Waals surface area contributed by atoms with Gasteiger partial charge in [-0.05, 0) is 36.1 Å². The first-order chi connectivity index (χ1) is 7.25. The first kappa shape index (κ1) is 10.6. The molecule has 1 aromatic heterocycles. The Kier molecular flexibility index (Phi) is 3.34. The first-order valence-corrected chi connectivity index (χ1v) is 6.63. The lowest BCUT2D eigenvalue weighted by atomic mass is 10.2. The highest BCUT2D eigenvalue weighted by molar-refractivity contribution is 7.98. The third-order valence-corrected chi connectivity index (χ3v) is 4.43. The van der Waals surface area contributed by atoms with Gasteiger partial charge in [0.1, 0.15) is 0 Å². The zero-order valence-electron chi connectivity index (χ0n) is 8.57. The lowest BCUT2D eigenvalue weighted by Gasteiger charge is -2.05. The molecular formula is C12H13NS2. The van der Waals surface area contributed by atoms with Crippen LogP contribution in [-0.4, -0.2) is 0 Å². The molecule has 0 aliphatic rings. The van der Waals surface area contributed by atoms with E-state index in [0.29, 0.717) is 0 Å². The summed E-state index contributed by atoms with van der Waals surface area (Å²) in [5.41, 5.74) is 7.90. The quantitative estimate of drug-likeness (QED) is 0.644. The van der Waals surface area contributed by atoms with E-state index in [1.807, 2.05) is 23.9 Å². The van der Waals surface area contributed by atoms with Crippen molar-refractivity contribution in [3.8, 4) is 0 Å². The first-order valence-electron chi connectivity index (χ1n) is 4.77. The van der Waals surface area contributed by atoms with E-state index in [2.05, 4.69) is 30.5 Å². The van der Waals surface area contributed by atoms with E-state index >= 15 is 0 Å². The van der Waals surface area contributed by atoms with E-state index < -0.39 is 0 Å². The fourth-order valence-corrected chi connectivity index (χ4v) is 3.16. The van der Waals surface area contributed by atoms with Crippen molar-refractivity contribution in [3.05, 3.63) is 46.2 Å². The van der Waals surface area contributed by atoms with Gasteiger partial charge in [0.25, 0.3) is 0 Å². The van der Waals surface area contributed by atoms with Crippen molar-refractivity contribution in [2.75, 3.05) is 5.73 Å². The lowest BCUT2D eigenvalue weighted by molar-refractivity contribution is 1.30. The molecule has 2 aromatic rings. The number of thiophene rings is 1. The minimum absolute atomic E-state index is 0.842. The molecule has 0 saturated heterocycles. The minimum Gasteiger partial charge on any atom is -0.399 e. The molecule has 0 spiro atoms. The second kappa shape index (κ2) is 4.73. The summed E-state index contributed by atoms with van der Waals surface area (Å²) in [5.74, 6) is 1.03. The SMILES string of the molecule is Cc1ccc(N)cc1SCc1cccs1. The number of rotatable bonds is 3. The van der Waals surface area contributed by atoms with Crippen LogP contribution in [0.5, 0.6) is 0 Å². The van der Waals surface area contributed by atoms with E-state index in [9.17, 15) is 0 Å². The van der Waals surface area contributed by atoms with Gasteiger partial charge >= 0.3 is 0 Å². The van der Waals surface area contributed by atoms with Gasteiger partial charge < -0.3 is 5.73 Å². The van der Waals surface area contributed by atoms with Gasteiger partial charge in [0, 0.05) is 21.2 Å². The van der Waals surface area contributed by atoms with Crippen molar-refractivity contribution in [2.24, 2.45) is 0 Å². The minimum atomic E-state index is 0.842.